The van der Waals surface area contributed by atoms with E-state index in [1.807, 2.05) is 4.90 Å². The molecule has 3 N–H and O–H groups in total. The Morgan fingerprint density at radius 3 is 2.74 bits per heavy atom. The van der Waals surface area contributed by atoms with Crippen molar-refractivity contribution < 1.29 is 18.3 Å². The molecule has 124 valence electrons. The lowest BCUT2D eigenvalue weighted by Gasteiger charge is -2.26. The molecule has 1 aliphatic rings. The molecule has 23 heavy (non-hydrogen) atoms. The Labute approximate surface area is 135 Å². The van der Waals surface area contributed by atoms with E-state index in [1.54, 1.807) is 12.3 Å². The van der Waals surface area contributed by atoms with Gasteiger partial charge in [0, 0.05) is 30.2 Å². The number of aliphatic hydroxyl groups is 1. The topological polar surface area (TPSA) is 62.4 Å². The quantitative estimate of drug-likeness (QED) is 0.899. The van der Waals surface area contributed by atoms with Gasteiger partial charge in [0.1, 0.15) is 0 Å². The van der Waals surface area contributed by atoms with Crippen LogP contribution in [-0.4, -0.2) is 27.6 Å². The molecule has 3 rings (SSSR count). The number of alkyl halides is 3. The molecular weight excluding hydrogens is 327 g/mol. The van der Waals surface area contributed by atoms with Crippen LogP contribution in [0.3, 0.4) is 0 Å². The van der Waals surface area contributed by atoms with E-state index in [0.717, 1.165) is 10.9 Å². The van der Waals surface area contributed by atoms with Crippen molar-refractivity contribution >= 4 is 16.5 Å². The van der Waals surface area contributed by atoms with Crippen molar-refractivity contribution in [2.45, 2.75) is 31.3 Å². The largest absolute Gasteiger partial charge is 0.416 e. The van der Waals surface area contributed by atoms with Gasteiger partial charge in [-0.1, -0.05) is 18.2 Å². The first-order valence-electron chi connectivity index (χ1n) is 7.13. The Hall–Kier alpha value is -1.64. The number of hydrogen-bond donors (Lipinski definition) is 2. The Balaban J connectivity index is 1.91. The van der Waals surface area contributed by atoms with Crippen LogP contribution in [0.5, 0.6) is 0 Å². The van der Waals surface area contributed by atoms with Crippen LogP contribution in [0.4, 0.5) is 18.3 Å². The lowest BCUT2D eigenvalue weighted by Crippen LogP contribution is -2.25. The van der Waals surface area contributed by atoms with Crippen LogP contribution < -0.4 is 5.73 Å². The normalized spacial score (nSPS) is 22.6. The molecule has 0 bridgehead atoms. The van der Waals surface area contributed by atoms with E-state index in [9.17, 15) is 18.3 Å². The molecule has 1 aliphatic heterocycles. The number of halogens is 3. The van der Waals surface area contributed by atoms with Gasteiger partial charge in [0.25, 0.3) is 0 Å². The molecule has 1 aromatic heterocycles. The lowest BCUT2D eigenvalue weighted by molar-refractivity contribution is -0.138. The molecule has 0 amide bonds. The number of benzene rings is 1. The van der Waals surface area contributed by atoms with Gasteiger partial charge in [-0.25, -0.2) is 4.98 Å². The van der Waals surface area contributed by atoms with E-state index in [0.29, 0.717) is 18.2 Å². The highest BCUT2D eigenvalue weighted by atomic mass is 32.1. The maximum Gasteiger partial charge on any atom is 0.416 e. The second-order valence-electron chi connectivity index (χ2n) is 5.58. The number of rotatable bonds is 3. The second kappa shape index (κ2) is 6.10. The fourth-order valence-corrected chi connectivity index (χ4v) is 3.73. The number of thiazole rings is 1. The molecule has 4 nitrogen and oxygen atoms in total. The minimum atomic E-state index is -4.41. The van der Waals surface area contributed by atoms with Gasteiger partial charge in [-0.15, -0.1) is 11.3 Å². The first-order valence-corrected chi connectivity index (χ1v) is 7.94. The maximum atomic E-state index is 13.3. The monoisotopic (exact) mass is 343 g/mol. The number of nitrogens with two attached hydrogens (primary N) is 1. The number of aromatic nitrogens is 1. The number of nitrogen functional groups attached to an aromatic ring is 1. The van der Waals surface area contributed by atoms with Crippen LogP contribution in [0, 0.1) is 0 Å². The summed E-state index contributed by atoms with van der Waals surface area (Å²) >= 11 is 1.30. The molecule has 1 saturated heterocycles. The van der Waals surface area contributed by atoms with E-state index in [1.165, 1.54) is 23.5 Å². The zero-order valence-electron chi connectivity index (χ0n) is 12.1. The van der Waals surface area contributed by atoms with Crippen LogP contribution in [-0.2, 0) is 12.7 Å². The summed E-state index contributed by atoms with van der Waals surface area (Å²) in [6.07, 6.45) is -3.16. The average Bonchev–Trinajstić information content (AvgIpc) is 3.04. The number of nitrogens with zero attached hydrogens (tertiary/aromatic N) is 2. The van der Waals surface area contributed by atoms with E-state index in [2.05, 4.69) is 4.98 Å². The third-order valence-electron chi connectivity index (χ3n) is 3.94. The SMILES string of the molecule is Nc1ncc(CN2CC(O)CC2c2ccccc2C(F)(F)F)s1. The zero-order chi connectivity index (χ0) is 16.6. The smallest absolute Gasteiger partial charge is 0.392 e. The predicted octanol–water partition coefficient (Wildman–Crippen LogP) is 3.05. The van der Waals surface area contributed by atoms with Crippen LogP contribution in [0.1, 0.15) is 28.5 Å². The molecule has 2 aromatic rings. The third-order valence-corrected chi connectivity index (χ3v) is 4.75. The lowest BCUT2D eigenvalue weighted by atomic mass is 9.97. The van der Waals surface area contributed by atoms with Crippen molar-refractivity contribution in [3.8, 4) is 0 Å². The summed E-state index contributed by atoms with van der Waals surface area (Å²) < 4.78 is 39.8. The summed E-state index contributed by atoms with van der Waals surface area (Å²) in [5.74, 6) is 0. The van der Waals surface area contributed by atoms with Gasteiger partial charge in [-0.2, -0.15) is 13.2 Å². The third kappa shape index (κ3) is 3.49. The highest BCUT2D eigenvalue weighted by molar-refractivity contribution is 7.15. The zero-order valence-corrected chi connectivity index (χ0v) is 12.9. The number of aliphatic hydroxyl groups excluding tert-OH is 1. The van der Waals surface area contributed by atoms with Crippen molar-refractivity contribution in [1.29, 1.82) is 0 Å². The molecule has 0 aliphatic carbocycles. The van der Waals surface area contributed by atoms with E-state index in [4.69, 9.17) is 5.73 Å². The Bertz CT molecular complexity index is 689. The number of likely N-dealkylation sites (tertiary alicyclic amines) is 1. The molecule has 8 heteroatoms. The van der Waals surface area contributed by atoms with Gasteiger partial charge in [-0.3, -0.25) is 4.90 Å². The molecule has 0 radical (unpaired) electrons. The highest BCUT2D eigenvalue weighted by Gasteiger charge is 2.39. The van der Waals surface area contributed by atoms with Gasteiger partial charge < -0.3 is 10.8 Å². The number of hydrogen-bond acceptors (Lipinski definition) is 5. The van der Waals surface area contributed by atoms with Crippen molar-refractivity contribution in [3.63, 3.8) is 0 Å². The summed E-state index contributed by atoms with van der Waals surface area (Å²) in [5, 5.41) is 10.4. The van der Waals surface area contributed by atoms with Gasteiger partial charge in [0.05, 0.1) is 11.7 Å². The first kappa shape index (κ1) is 16.2. The first-order chi connectivity index (χ1) is 10.8. The molecule has 0 saturated carbocycles. The van der Waals surface area contributed by atoms with E-state index in [-0.39, 0.29) is 12.0 Å². The fraction of sp³-hybridized carbons (Fsp3) is 0.400. The van der Waals surface area contributed by atoms with Gasteiger partial charge >= 0.3 is 6.18 Å². The van der Waals surface area contributed by atoms with Crippen molar-refractivity contribution in [3.05, 3.63) is 46.5 Å². The van der Waals surface area contributed by atoms with Crippen LogP contribution in [0.15, 0.2) is 30.5 Å². The van der Waals surface area contributed by atoms with Crippen LogP contribution >= 0.6 is 11.3 Å². The van der Waals surface area contributed by atoms with E-state index < -0.39 is 23.9 Å². The number of anilines is 1. The summed E-state index contributed by atoms with van der Waals surface area (Å²) in [6, 6.07) is 5.07. The minimum Gasteiger partial charge on any atom is -0.392 e. The summed E-state index contributed by atoms with van der Waals surface area (Å²) in [7, 11) is 0. The van der Waals surface area contributed by atoms with Crippen molar-refractivity contribution in [2.24, 2.45) is 0 Å². The molecule has 2 atom stereocenters. The van der Waals surface area contributed by atoms with Crippen molar-refractivity contribution in [2.75, 3.05) is 12.3 Å². The molecule has 2 heterocycles. The second-order valence-corrected chi connectivity index (χ2v) is 6.73. The van der Waals surface area contributed by atoms with Gasteiger partial charge in [0.2, 0.25) is 0 Å². The Morgan fingerprint density at radius 1 is 1.35 bits per heavy atom. The molecule has 1 aromatic carbocycles. The Morgan fingerprint density at radius 2 is 2.09 bits per heavy atom. The summed E-state index contributed by atoms with van der Waals surface area (Å²) in [5.41, 5.74) is 5.16. The number of β-amino-alcohol motifs (C(OH)–C–C–N with tert-alkyl or cyclic N) is 1. The molecule has 2 unspecified atom stereocenters. The summed E-state index contributed by atoms with van der Waals surface area (Å²) in [6.45, 7) is 0.747. The van der Waals surface area contributed by atoms with Gasteiger partial charge in [0.15, 0.2) is 5.13 Å². The standard InChI is InChI=1S/C15H16F3N3OS/c16-15(17,18)12-4-2-1-3-11(12)13-5-9(22)7-21(13)8-10-6-20-14(19)23-10/h1-4,6,9,13,22H,5,7-8H2,(H2,19,20). The summed E-state index contributed by atoms with van der Waals surface area (Å²) in [4.78, 5) is 6.68. The minimum absolute atomic E-state index is 0.203. The van der Waals surface area contributed by atoms with Crippen LogP contribution in [0.25, 0.3) is 0 Å². The predicted molar refractivity (Wildman–Crippen MR) is 81.7 cm³/mol. The molecule has 0 spiro atoms. The van der Waals surface area contributed by atoms with E-state index >= 15 is 0 Å². The molecular formula is C15H16F3N3OS. The fourth-order valence-electron chi connectivity index (χ4n) is 3.02. The van der Waals surface area contributed by atoms with Crippen molar-refractivity contribution in [1.82, 2.24) is 9.88 Å². The van der Waals surface area contributed by atoms with Crippen LogP contribution in [0.2, 0.25) is 0 Å². The maximum absolute atomic E-state index is 13.3. The highest BCUT2D eigenvalue weighted by Crippen LogP contribution is 2.41. The van der Waals surface area contributed by atoms with Gasteiger partial charge in [-0.05, 0) is 18.1 Å². The molecule has 1 fully saturated rings. The Kier molecular flexibility index (Phi) is 4.31. The average molecular weight is 343 g/mol.